The van der Waals surface area contributed by atoms with Gasteiger partial charge in [-0.05, 0) is 12.8 Å². The molecular weight excluding hydrogens is 230 g/mol. The predicted molar refractivity (Wildman–Crippen MR) is 73.7 cm³/mol. The van der Waals surface area contributed by atoms with Crippen molar-refractivity contribution >= 4 is 16.7 Å². The summed E-state index contributed by atoms with van der Waals surface area (Å²) < 4.78 is 4.39. The van der Waals surface area contributed by atoms with Crippen LogP contribution in [-0.4, -0.2) is 15.4 Å². The maximum absolute atomic E-state index is 4.55. The molecule has 0 bridgehead atoms. The van der Waals surface area contributed by atoms with E-state index < -0.39 is 0 Å². The summed E-state index contributed by atoms with van der Waals surface area (Å²) in [4.78, 5) is 4.55. The van der Waals surface area contributed by atoms with E-state index in [1.54, 1.807) is 0 Å². The molecule has 0 aromatic carbocycles. The molecule has 1 saturated carbocycles. The predicted octanol–water partition coefficient (Wildman–Crippen LogP) is 4.19. The first-order valence-corrected chi connectivity index (χ1v) is 7.63. The zero-order valence-corrected chi connectivity index (χ0v) is 11.7. The Bertz CT molecular complexity index is 327. The van der Waals surface area contributed by atoms with Gasteiger partial charge in [0, 0.05) is 23.5 Å². The van der Waals surface area contributed by atoms with E-state index in [2.05, 4.69) is 28.5 Å². The molecule has 1 aromatic rings. The molecule has 1 aliphatic carbocycles. The van der Waals surface area contributed by atoms with E-state index in [-0.39, 0.29) is 0 Å². The van der Waals surface area contributed by atoms with Crippen molar-refractivity contribution in [2.75, 3.05) is 5.32 Å². The third-order valence-corrected chi connectivity index (χ3v) is 4.05. The third-order valence-electron chi connectivity index (χ3n) is 3.39. The van der Waals surface area contributed by atoms with Gasteiger partial charge in [-0.25, -0.2) is 4.98 Å². The van der Waals surface area contributed by atoms with Crippen LogP contribution in [0.25, 0.3) is 0 Å². The Labute approximate surface area is 108 Å². The van der Waals surface area contributed by atoms with Gasteiger partial charge in [0.25, 0.3) is 0 Å². The Hall–Kier alpha value is -0.640. The lowest BCUT2D eigenvalue weighted by Gasteiger charge is -2.20. The van der Waals surface area contributed by atoms with Crippen LogP contribution in [0, 0.1) is 0 Å². The highest BCUT2D eigenvalue weighted by Crippen LogP contribution is 2.23. The molecule has 0 saturated heterocycles. The zero-order chi connectivity index (χ0) is 12.1. The first kappa shape index (κ1) is 12.8. The average molecular weight is 253 g/mol. The van der Waals surface area contributed by atoms with Crippen LogP contribution in [-0.2, 0) is 0 Å². The van der Waals surface area contributed by atoms with Gasteiger partial charge in [-0.3, -0.25) is 0 Å². The SMILES string of the molecule is CC(C)c1nsc(NC2CCCCCCC2)n1. The number of hydrogen-bond acceptors (Lipinski definition) is 4. The van der Waals surface area contributed by atoms with Crippen LogP contribution in [0.1, 0.15) is 70.5 Å². The van der Waals surface area contributed by atoms with E-state index in [4.69, 9.17) is 0 Å². The molecule has 0 aliphatic heterocycles. The topological polar surface area (TPSA) is 37.8 Å². The first-order valence-electron chi connectivity index (χ1n) is 6.86. The molecule has 0 spiro atoms. The highest BCUT2D eigenvalue weighted by Gasteiger charge is 2.14. The smallest absolute Gasteiger partial charge is 0.202 e. The maximum Gasteiger partial charge on any atom is 0.202 e. The van der Waals surface area contributed by atoms with Crippen LogP contribution >= 0.6 is 11.5 Å². The second-order valence-electron chi connectivity index (χ2n) is 5.30. The molecule has 1 fully saturated rings. The normalized spacial score (nSPS) is 19.0. The van der Waals surface area contributed by atoms with Gasteiger partial charge in [0.15, 0.2) is 0 Å². The van der Waals surface area contributed by atoms with E-state index in [1.807, 2.05) is 0 Å². The molecule has 0 amide bonds. The molecule has 17 heavy (non-hydrogen) atoms. The van der Waals surface area contributed by atoms with Crippen LogP contribution in [0.2, 0.25) is 0 Å². The summed E-state index contributed by atoms with van der Waals surface area (Å²) >= 11 is 1.51. The van der Waals surface area contributed by atoms with Crippen molar-refractivity contribution in [2.24, 2.45) is 0 Å². The molecule has 1 aliphatic rings. The van der Waals surface area contributed by atoms with Crippen molar-refractivity contribution in [3.8, 4) is 0 Å². The van der Waals surface area contributed by atoms with Crippen LogP contribution in [0.5, 0.6) is 0 Å². The minimum atomic E-state index is 0.430. The van der Waals surface area contributed by atoms with Gasteiger partial charge >= 0.3 is 0 Å². The minimum absolute atomic E-state index is 0.430. The van der Waals surface area contributed by atoms with E-state index in [0.29, 0.717) is 12.0 Å². The molecule has 3 nitrogen and oxygen atoms in total. The van der Waals surface area contributed by atoms with Crippen molar-refractivity contribution in [1.29, 1.82) is 0 Å². The third kappa shape index (κ3) is 3.95. The van der Waals surface area contributed by atoms with Crippen LogP contribution < -0.4 is 5.32 Å². The molecule has 1 heterocycles. The molecule has 96 valence electrons. The minimum Gasteiger partial charge on any atom is -0.358 e. The monoisotopic (exact) mass is 253 g/mol. The van der Waals surface area contributed by atoms with Gasteiger partial charge in [-0.15, -0.1) is 0 Å². The summed E-state index contributed by atoms with van der Waals surface area (Å²) in [6.45, 7) is 4.28. The fourth-order valence-corrected chi connectivity index (χ4v) is 3.09. The number of nitrogens with one attached hydrogen (secondary N) is 1. The van der Waals surface area contributed by atoms with Gasteiger partial charge in [0.05, 0.1) is 0 Å². The van der Waals surface area contributed by atoms with Crippen molar-refractivity contribution < 1.29 is 0 Å². The van der Waals surface area contributed by atoms with Gasteiger partial charge in [-0.2, -0.15) is 4.37 Å². The Morgan fingerprint density at radius 3 is 2.35 bits per heavy atom. The summed E-state index contributed by atoms with van der Waals surface area (Å²) in [6.07, 6.45) is 9.49. The summed E-state index contributed by atoms with van der Waals surface area (Å²) in [5, 5.41) is 4.58. The standard InChI is InChI=1S/C13H23N3S/c1-10(2)12-15-13(17-16-12)14-11-8-6-4-3-5-7-9-11/h10-11H,3-9H2,1-2H3,(H,14,15,16). The summed E-state index contributed by atoms with van der Waals surface area (Å²) in [6, 6.07) is 0.614. The zero-order valence-electron chi connectivity index (χ0n) is 10.9. The fourth-order valence-electron chi connectivity index (χ4n) is 2.30. The fraction of sp³-hybridized carbons (Fsp3) is 0.846. The van der Waals surface area contributed by atoms with Crippen molar-refractivity contribution in [3.05, 3.63) is 5.82 Å². The average Bonchev–Trinajstić information content (AvgIpc) is 2.70. The van der Waals surface area contributed by atoms with Crippen molar-refractivity contribution in [2.45, 2.75) is 70.8 Å². The van der Waals surface area contributed by atoms with E-state index in [9.17, 15) is 0 Å². The maximum atomic E-state index is 4.55. The van der Waals surface area contributed by atoms with Gasteiger partial charge in [0.1, 0.15) is 5.82 Å². The number of hydrogen-bond donors (Lipinski definition) is 1. The second-order valence-corrected chi connectivity index (χ2v) is 6.05. The number of nitrogens with zero attached hydrogens (tertiary/aromatic N) is 2. The van der Waals surface area contributed by atoms with E-state index >= 15 is 0 Å². The largest absolute Gasteiger partial charge is 0.358 e. The Morgan fingerprint density at radius 2 is 1.76 bits per heavy atom. The van der Waals surface area contributed by atoms with E-state index in [1.165, 1.54) is 56.5 Å². The lowest BCUT2D eigenvalue weighted by molar-refractivity contribution is 0.471. The Morgan fingerprint density at radius 1 is 1.12 bits per heavy atom. The highest BCUT2D eigenvalue weighted by molar-refractivity contribution is 7.09. The number of anilines is 1. The summed E-state index contributed by atoms with van der Waals surface area (Å²) in [5.41, 5.74) is 0. The number of rotatable bonds is 3. The molecule has 0 atom stereocenters. The van der Waals surface area contributed by atoms with Gasteiger partial charge in [0.2, 0.25) is 5.13 Å². The molecule has 2 rings (SSSR count). The molecule has 4 heteroatoms. The first-order chi connectivity index (χ1) is 8.25. The molecule has 0 unspecified atom stereocenters. The quantitative estimate of drug-likeness (QED) is 0.878. The molecular formula is C13H23N3S. The highest BCUT2D eigenvalue weighted by atomic mass is 32.1. The van der Waals surface area contributed by atoms with E-state index in [0.717, 1.165) is 11.0 Å². The lowest BCUT2D eigenvalue weighted by atomic mass is 9.97. The molecule has 1 N–H and O–H groups in total. The van der Waals surface area contributed by atoms with Crippen LogP contribution in [0.15, 0.2) is 0 Å². The summed E-state index contributed by atoms with van der Waals surface area (Å²) in [5.74, 6) is 1.41. The van der Waals surface area contributed by atoms with Gasteiger partial charge < -0.3 is 5.32 Å². The van der Waals surface area contributed by atoms with Crippen molar-refractivity contribution in [1.82, 2.24) is 9.36 Å². The van der Waals surface area contributed by atoms with Crippen molar-refractivity contribution in [3.63, 3.8) is 0 Å². The summed E-state index contributed by atoms with van der Waals surface area (Å²) in [7, 11) is 0. The lowest BCUT2D eigenvalue weighted by Crippen LogP contribution is -2.20. The number of aromatic nitrogens is 2. The molecule has 0 radical (unpaired) electrons. The second kappa shape index (κ2) is 6.34. The Balaban J connectivity index is 1.89. The molecule has 1 aromatic heterocycles. The van der Waals surface area contributed by atoms with Crippen LogP contribution in [0.3, 0.4) is 0 Å². The Kier molecular flexibility index (Phi) is 4.77. The van der Waals surface area contributed by atoms with Crippen LogP contribution in [0.4, 0.5) is 5.13 Å². The van der Waals surface area contributed by atoms with Gasteiger partial charge in [-0.1, -0.05) is 46.0 Å².